The molecule has 5 N–H and O–H groups in total. The first kappa shape index (κ1) is 29.6. The SMILES string of the molecule is CC1(N)CCC(c2cnc(Sc3cccc(CC(O)=C4C(=O)CN(c5ccccc5)C4=O)c3C(F)(F)F)c(N)n2)CC1. The monoisotopic (exact) mass is 597 g/mol. The van der Waals surface area contributed by atoms with Crippen LogP contribution in [0.3, 0.4) is 0 Å². The standard InChI is InChI=1S/C30H30F3N5O3S/c1-29(35)12-10-17(11-13-29)20-15-36-27(26(34)37-20)42-23-9-5-6-18(25(23)30(31,32)33)14-21(39)24-22(40)16-38(28(24)41)19-7-3-2-4-8-19/h2-9,15,17,39H,10-14,16,35H2,1H3,(H2,34,37). The van der Waals surface area contributed by atoms with Gasteiger partial charge >= 0.3 is 6.18 Å². The Bertz CT molecular complexity index is 1550. The maximum atomic E-state index is 14.4. The molecule has 5 rings (SSSR count). The first-order valence-corrected chi connectivity index (χ1v) is 14.3. The number of allylic oxidation sites excluding steroid dienone is 1. The van der Waals surface area contributed by atoms with E-state index in [1.807, 2.05) is 6.92 Å². The predicted molar refractivity (Wildman–Crippen MR) is 153 cm³/mol. The number of hydrogen-bond acceptors (Lipinski definition) is 8. The zero-order valence-electron chi connectivity index (χ0n) is 22.8. The van der Waals surface area contributed by atoms with Crippen LogP contribution >= 0.6 is 11.8 Å². The molecule has 2 aliphatic rings. The summed E-state index contributed by atoms with van der Waals surface area (Å²) in [6.07, 6.45) is -0.652. The van der Waals surface area contributed by atoms with Crippen molar-refractivity contribution in [2.24, 2.45) is 5.73 Å². The van der Waals surface area contributed by atoms with Crippen LogP contribution in [0.4, 0.5) is 24.7 Å². The summed E-state index contributed by atoms with van der Waals surface area (Å²) in [5.74, 6) is -2.01. The summed E-state index contributed by atoms with van der Waals surface area (Å²) in [7, 11) is 0. The lowest BCUT2D eigenvalue weighted by molar-refractivity contribution is -0.140. The molecule has 0 atom stereocenters. The second-order valence-corrected chi connectivity index (χ2v) is 12.0. The highest BCUT2D eigenvalue weighted by Crippen LogP contribution is 2.43. The molecule has 8 nitrogen and oxygen atoms in total. The highest BCUT2D eigenvalue weighted by Gasteiger charge is 2.40. The average molecular weight is 598 g/mol. The van der Waals surface area contributed by atoms with Crippen LogP contribution in [-0.2, 0) is 22.2 Å². The van der Waals surface area contributed by atoms with Gasteiger partial charge in [-0.25, -0.2) is 9.97 Å². The molecular formula is C30H30F3N5O3S. The summed E-state index contributed by atoms with van der Waals surface area (Å²) >= 11 is 0.717. The molecule has 1 saturated carbocycles. The summed E-state index contributed by atoms with van der Waals surface area (Å²) in [6, 6.07) is 12.2. The smallest absolute Gasteiger partial charge is 0.417 e. The molecule has 0 radical (unpaired) electrons. The number of anilines is 2. The van der Waals surface area contributed by atoms with Gasteiger partial charge < -0.3 is 21.5 Å². The number of amides is 1. The molecule has 0 bridgehead atoms. The van der Waals surface area contributed by atoms with Crippen LogP contribution < -0.4 is 16.4 Å². The van der Waals surface area contributed by atoms with Gasteiger partial charge in [0, 0.05) is 28.5 Å². The van der Waals surface area contributed by atoms with Gasteiger partial charge in [-0.05, 0) is 56.4 Å². The highest BCUT2D eigenvalue weighted by atomic mass is 32.2. The molecule has 2 fully saturated rings. The van der Waals surface area contributed by atoms with E-state index in [4.69, 9.17) is 11.5 Å². The largest absolute Gasteiger partial charge is 0.511 e. The van der Waals surface area contributed by atoms with E-state index in [9.17, 15) is 27.9 Å². The fourth-order valence-electron chi connectivity index (χ4n) is 5.41. The van der Waals surface area contributed by atoms with E-state index in [-0.39, 0.29) is 39.3 Å². The molecule has 1 aromatic heterocycles. The fraction of sp³-hybridized carbons (Fsp3) is 0.333. The molecule has 42 heavy (non-hydrogen) atoms. The number of benzene rings is 2. The lowest BCUT2D eigenvalue weighted by Crippen LogP contribution is -2.39. The van der Waals surface area contributed by atoms with Crippen LogP contribution in [0.15, 0.2) is 76.0 Å². The summed E-state index contributed by atoms with van der Waals surface area (Å²) in [6.45, 7) is 1.69. The number of aliphatic hydroxyl groups is 1. The molecule has 220 valence electrons. The van der Waals surface area contributed by atoms with Crippen LogP contribution in [0.5, 0.6) is 0 Å². The van der Waals surface area contributed by atoms with E-state index in [0.29, 0.717) is 23.1 Å². The Morgan fingerprint density at radius 1 is 1.12 bits per heavy atom. The molecule has 0 unspecified atom stereocenters. The molecule has 1 aliphatic carbocycles. The summed E-state index contributed by atoms with van der Waals surface area (Å²) in [5, 5.41) is 10.9. The van der Waals surface area contributed by atoms with Crippen LogP contribution in [-0.4, -0.2) is 38.8 Å². The van der Waals surface area contributed by atoms with E-state index in [2.05, 4.69) is 9.97 Å². The zero-order chi connectivity index (χ0) is 30.2. The molecule has 1 aliphatic heterocycles. The predicted octanol–water partition coefficient (Wildman–Crippen LogP) is 5.57. The Hall–Kier alpha value is -3.90. The van der Waals surface area contributed by atoms with Crippen molar-refractivity contribution >= 4 is 35.0 Å². The number of rotatable bonds is 6. The molecule has 1 amide bonds. The third kappa shape index (κ3) is 6.14. The number of para-hydroxylation sites is 1. The van der Waals surface area contributed by atoms with Crippen molar-refractivity contribution < 1.29 is 27.9 Å². The Kier molecular flexibility index (Phi) is 8.04. The van der Waals surface area contributed by atoms with E-state index < -0.39 is 41.2 Å². The minimum absolute atomic E-state index is 0.0187. The second-order valence-electron chi connectivity index (χ2n) is 11.0. The van der Waals surface area contributed by atoms with E-state index in [1.54, 1.807) is 36.5 Å². The second kappa shape index (κ2) is 11.4. The Morgan fingerprint density at radius 3 is 2.45 bits per heavy atom. The number of aromatic nitrogens is 2. The van der Waals surface area contributed by atoms with Gasteiger partial charge in [0.05, 0.1) is 24.0 Å². The van der Waals surface area contributed by atoms with Crippen molar-refractivity contribution in [2.45, 2.75) is 66.6 Å². The van der Waals surface area contributed by atoms with Crippen LogP contribution in [0.2, 0.25) is 0 Å². The fourth-order valence-corrected chi connectivity index (χ4v) is 6.37. The Morgan fingerprint density at radius 2 is 1.81 bits per heavy atom. The third-order valence-corrected chi connectivity index (χ3v) is 8.75. The van der Waals surface area contributed by atoms with Crippen LogP contribution in [0.25, 0.3) is 0 Å². The first-order chi connectivity index (χ1) is 19.8. The minimum Gasteiger partial charge on any atom is -0.511 e. The van der Waals surface area contributed by atoms with Crippen molar-refractivity contribution in [1.29, 1.82) is 0 Å². The van der Waals surface area contributed by atoms with Crippen molar-refractivity contribution in [1.82, 2.24) is 9.97 Å². The number of ketones is 1. The third-order valence-electron chi connectivity index (χ3n) is 7.69. The van der Waals surface area contributed by atoms with Crippen LogP contribution in [0.1, 0.15) is 55.3 Å². The maximum Gasteiger partial charge on any atom is 0.417 e. The van der Waals surface area contributed by atoms with Gasteiger partial charge in [-0.3, -0.25) is 9.59 Å². The number of aliphatic hydroxyl groups excluding tert-OH is 1. The summed E-state index contributed by atoms with van der Waals surface area (Å²) in [4.78, 5) is 35.4. The van der Waals surface area contributed by atoms with E-state index in [0.717, 1.165) is 25.7 Å². The number of halogens is 3. The molecule has 1 saturated heterocycles. The molecule has 0 spiro atoms. The Balaban J connectivity index is 1.42. The number of alkyl halides is 3. The first-order valence-electron chi connectivity index (χ1n) is 13.4. The average Bonchev–Trinajstić information content (AvgIpc) is 3.23. The number of Topliss-reactive ketones (excluding diaryl/α,β-unsaturated/α-hetero) is 1. The van der Waals surface area contributed by atoms with Gasteiger partial charge in [0.2, 0.25) is 0 Å². The van der Waals surface area contributed by atoms with Crippen molar-refractivity contribution in [2.75, 3.05) is 17.2 Å². The number of nitrogen functional groups attached to an aromatic ring is 1. The highest BCUT2D eigenvalue weighted by molar-refractivity contribution is 7.99. The summed E-state index contributed by atoms with van der Waals surface area (Å²) in [5.41, 5.74) is 11.4. The summed E-state index contributed by atoms with van der Waals surface area (Å²) < 4.78 is 43.2. The maximum absolute atomic E-state index is 14.4. The number of carbonyl (C=O) groups excluding carboxylic acids is 2. The normalized spacial score (nSPS) is 22.5. The van der Waals surface area contributed by atoms with E-state index >= 15 is 0 Å². The van der Waals surface area contributed by atoms with E-state index in [1.165, 1.54) is 23.1 Å². The Labute approximate surface area is 245 Å². The molecule has 3 aromatic rings. The topological polar surface area (TPSA) is 135 Å². The van der Waals surface area contributed by atoms with Crippen molar-refractivity contribution in [3.05, 3.63) is 82.9 Å². The molecule has 2 heterocycles. The van der Waals surface area contributed by atoms with Gasteiger partial charge in [0.15, 0.2) is 11.6 Å². The van der Waals surface area contributed by atoms with Crippen molar-refractivity contribution in [3.63, 3.8) is 0 Å². The zero-order valence-corrected chi connectivity index (χ0v) is 23.6. The number of carbonyl (C=O) groups is 2. The molecule has 2 aromatic carbocycles. The van der Waals surface area contributed by atoms with Gasteiger partial charge in [0.25, 0.3) is 5.91 Å². The van der Waals surface area contributed by atoms with Gasteiger partial charge in [0.1, 0.15) is 16.4 Å². The van der Waals surface area contributed by atoms with Crippen molar-refractivity contribution in [3.8, 4) is 0 Å². The molecular weight excluding hydrogens is 567 g/mol. The van der Waals surface area contributed by atoms with Gasteiger partial charge in [-0.2, -0.15) is 13.2 Å². The van der Waals surface area contributed by atoms with Crippen LogP contribution in [0, 0.1) is 0 Å². The van der Waals surface area contributed by atoms with Gasteiger partial charge in [-0.1, -0.05) is 42.1 Å². The lowest BCUT2D eigenvalue weighted by atomic mass is 9.77. The quantitative estimate of drug-likeness (QED) is 0.191. The minimum atomic E-state index is -4.82. The number of hydrogen-bond donors (Lipinski definition) is 3. The number of nitrogens with two attached hydrogens (primary N) is 2. The van der Waals surface area contributed by atoms with Gasteiger partial charge in [-0.15, -0.1) is 0 Å². The number of nitrogens with zero attached hydrogens (tertiary/aromatic N) is 3. The lowest BCUT2D eigenvalue weighted by Gasteiger charge is -2.33. The molecule has 12 heteroatoms.